The Morgan fingerprint density at radius 3 is 2.12 bits per heavy atom. The number of nitrogens with zero attached hydrogens (tertiary/aromatic N) is 2. The molecule has 2 aromatic carbocycles. The number of esters is 1. The van der Waals surface area contributed by atoms with E-state index in [1.165, 1.54) is 45.4 Å². The Balaban J connectivity index is 2.61. The molecular weight excluding hydrogens is 450 g/mol. The number of carbonyl (C=O) groups excluding carboxylic acids is 2. The minimum atomic E-state index is -2.78. The number of hydrogen-bond donors (Lipinski definition) is 1. The molecule has 2 atom stereocenters. The number of benzene rings is 2. The minimum absolute atomic E-state index is 0.0810. The second-order valence-corrected chi connectivity index (χ2v) is 9.14. The molecule has 2 aromatic rings. The van der Waals surface area contributed by atoms with Gasteiger partial charge in [0.25, 0.3) is 5.69 Å². The van der Waals surface area contributed by atoms with E-state index < -0.39 is 39.4 Å². The van der Waals surface area contributed by atoms with Gasteiger partial charge in [0, 0.05) is 12.1 Å². The number of ether oxygens (including phenoxy) is 1. The van der Waals surface area contributed by atoms with Crippen LogP contribution in [0.15, 0.2) is 53.4 Å². The van der Waals surface area contributed by atoms with Crippen molar-refractivity contribution in [1.82, 2.24) is 4.72 Å². The summed E-state index contributed by atoms with van der Waals surface area (Å²) in [5.41, 5.74) is 0.812. The molecule has 10 nitrogen and oxygen atoms in total. The second kappa shape index (κ2) is 11.5. The van der Waals surface area contributed by atoms with Crippen LogP contribution in [-0.4, -0.2) is 37.5 Å². The predicted octanol–water partition coefficient (Wildman–Crippen LogP) is 3.77. The highest BCUT2D eigenvalue weighted by Gasteiger charge is 2.39. The topological polar surface area (TPSA) is 141 Å². The molecule has 2 rings (SSSR count). The molecule has 0 aliphatic heterocycles. The average Bonchev–Trinajstić information content (AvgIpc) is 2.82. The standard InChI is InChI=1S/C22H25N3O7S/c1-5-32-22(27)20(15(2)26)21(17-8-6-16(14-23)7-9-17)24-33(30-3,31-4)19-12-10-18(11-13-19)25(28)29/h6-13,20-21,24H,5H2,1-4H3. The molecule has 0 aromatic heterocycles. The lowest BCUT2D eigenvalue weighted by Crippen LogP contribution is -2.40. The van der Waals surface area contributed by atoms with E-state index in [2.05, 4.69) is 4.72 Å². The number of nitrogens with one attached hydrogen (secondary N) is 1. The van der Waals surface area contributed by atoms with Gasteiger partial charge in [0.1, 0.15) is 11.7 Å². The lowest BCUT2D eigenvalue weighted by molar-refractivity contribution is -0.384. The molecule has 0 heterocycles. The van der Waals surface area contributed by atoms with Crippen molar-refractivity contribution in [3.05, 3.63) is 69.8 Å². The van der Waals surface area contributed by atoms with Crippen LogP contribution in [0.1, 0.15) is 31.0 Å². The van der Waals surface area contributed by atoms with E-state index in [9.17, 15) is 19.7 Å². The Morgan fingerprint density at radius 1 is 1.12 bits per heavy atom. The first kappa shape index (κ1) is 26.0. The van der Waals surface area contributed by atoms with Crippen LogP contribution in [0.2, 0.25) is 0 Å². The molecule has 33 heavy (non-hydrogen) atoms. The highest BCUT2D eigenvalue weighted by molar-refractivity contribution is 8.24. The molecule has 0 spiro atoms. The maximum atomic E-state index is 12.8. The molecule has 0 aliphatic rings. The van der Waals surface area contributed by atoms with Gasteiger partial charge in [-0.1, -0.05) is 12.1 Å². The van der Waals surface area contributed by atoms with Crippen LogP contribution < -0.4 is 4.72 Å². The van der Waals surface area contributed by atoms with E-state index in [0.29, 0.717) is 16.0 Å². The number of non-ortho nitro benzene ring substituents is 1. The van der Waals surface area contributed by atoms with Crippen LogP contribution in [0.4, 0.5) is 5.69 Å². The fourth-order valence-corrected chi connectivity index (χ4v) is 5.15. The fourth-order valence-electron chi connectivity index (χ4n) is 3.20. The van der Waals surface area contributed by atoms with Gasteiger partial charge in [0.15, 0.2) is 0 Å². The van der Waals surface area contributed by atoms with Gasteiger partial charge in [-0.15, -0.1) is 10.8 Å². The molecule has 11 heteroatoms. The minimum Gasteiger partial charge on any atom is -0.465 e. The maximum Gasteiger partial charge on any atom is 0.318 e. The van der Waals surface area contributed by atoms with Crippen molar-refractivity contribution in [3.63, 3.8) is 0 Å². The first-order valence-corrected chi connectivity index (χ1v) is 11.3. The van der Waals surface area contributed by atoms with E-state index in [-0.39, 0.29) is 12.3 Å². The third-order valence-electron chi connectivity index (χ3n) is 4.82. The van der Waals surface area contributed by atoms with E-state index in [0.717, 1.165) is 0 Å². The highest BCUT2D eigenvalue weighted by Crippen LogP contribution is 2.55. The second-order valence-electron chi connectivity index (χ2n) is 6.76. The number of nitro benzene ring substituents is 1. The van der Waals surface area contributed by atoms with Gasteiger partial charge in [0.2, 0.25) is 0 Å². The Hall–Kier alpha value is -3.30. The van der Waals surface area contributed by atoms with Gasteiger partial charge in [-0.25, -0.2) is 4.72 Å². The fraction of sp³-hybridized carbons (Fsp3) is 0.318. The number of ketones is 1. The summed E-state index contributed by atoms with van der Waals surface area (Å²) in [5, 5.41) is 20.2. The Bertz CT molecular complexity index is 1030. The summed E-state index contributed by atoms with van der Waals surface area (Å²) in [5.74, 6) is -2.41. The van der Waals surface area contributed by atoms with Gasteiger partial charge < -0.3 is 4.74 Å². The number of rotatable bonds is 11. The van der Waals surface area contributed by atoms with Crippen molar-refractivity contribution >= 4 is 28.2 Å². The summed E-state index contributed by atoms with van der Waals surface area (Å²) in [4.78, 5) is 36.3. The van der Waals surface area contributed by atoms with Crippen LogP contribution in [-0.2, 0) is 22.7 Å². The van der Waals surface area contributed by atoms with E-state index >= 15 is 0 Å². The molecule has 0 saturated carbocycles. The van der Waals surface area contributed by atoms with E-state index in [1.54, 1.807) is 31.2 Å². The first-order chi connectivity index (χ1) is 15.7. The van der Waals surface area contributed by atoms with Gasteiger partial charge >= 0.3 is 5.97 Å². The zero-order chi connectivity index (χ0) is 24.6. The first-order valence-electron chi connectivity index (χ1n) is 9.86. The van der Waals surface area contributed by atoms with E-state index in [1.807, 2.05) is 6.07 Å². The number of hydrogen-bond acceptors (Lipinski definition) is 9. The van der Waals surface area contributed by atoms with Crippen molar-refractivity contribution in [3.8, 4) is 6.07 Å². The third-order valence-corrected chi connectivity index (χ3v) is 7.22. The lowest BCUT2D eigenvalue weighted by atomic mass is 9.90. The summed E-state index contributed by atoms with van der Waals surface area (Å²) < 4.78 is 19.7. The number of nitro groups is 1. The molecular formula is C22H25N3O7S. The summed E-state index contributed by atoms with van der Waals surface area (Å²) in [6, 6.07) is 13.0. The summed E-state index contributed by atoms with van der Waals surface area (Å²) in [6.45, 7) is 3.00. The smallest absolute Gasteiger partial charge is 0.318 e. The van der Waals surface area contributed by atoms with Crippen molar-refractivity contribution in [2.24, 2.45) is 5.92 Å². The van der Waals surface area contributed by atoms with Crippen molar-refractivity contribution < 1.29 is 27.6 Å². The van der Waals surface area contributed by atoms with Crippen LogP contribution in [0.3, 0.4) is 0 Å². The number of Topliss-reactive ketones (excluding diaryl/α,β-unsaturated/α-hetero) is 1. The van der Waals surface area contributed by atoms with Crippen LogP contribution in [0.25, 0.3) is 0 Å². The number of carbonyl (C=O) groups is 2. The normalized spacial score (nSPS) is 13.4. The lowest BCUT2D eigenvalue weighted by Gasteiger charge is -2.44. The molecule has 0 fully saturated rings. The molecule has 0 aliphatic carbocycles. The number of nitriles is 1. The molecule has 0 amide bonds. The van der Waals surface area contributed by atoms with Gasteiger partial charge in [-0.3, -0.25) is 28.1 Å². The quantitative estimate of drug-likeness (QED) is 0.222. The molecule has 1 N–H and O–H groups in total. The van der Waals surface area contributed by atoms with Crippen molar-refractivity contribution in [2.75, 3.05) is 20.8 Å². The zero-order valence-electron chi connectivity index (χ0n) is 18.6. The molecule has 0 bridgehead atoms. The zero-order valence-corrected chi connectivity index (χ0v) is 19.5. The molecule has 0 radical (unpaired) electrons. The summed E-state index contributed by atoms with van der Waals surface area (Å²) in [7, 11) is -0.0109. The van der Waals surface area contributed by atoms with E-state index in [4.69, 9.17) is 18.4 Å². The molecule has 176 valence electrons. The average molecular weight is 476 g/mol. The Morgan fingerprint density at radius 2 is 1.70 bits per heavy atom. The largest absolute Gasteiger partial charge is 0.465 e. The predicted molar refractivity (Wildman–Crippen MR) is 121 cm³/mol. The maximum absolute atomic E-state index is 12.8. The Labute approximate surface area is 193 Å². The molecule has 0 saturated heterocycles. The van der Waals surface area contributed by atoms with Crippen LogP contribution in [0, 0.1) is 27.4 Å². The monoisotopic (exact) mass is 475 g/mol. The van der Waals surface area contributed by atoms with Crippen molar-refractivity contribution in [2.45, 2.75) is 24.8 Å². The molecule has 2 unspecified atom stereocenters. The van der Waals surface area contributed by atoms with Gasteiger partial charge in [0.05, 0.1) is 48.3 Å². The van der Waals surface area contributed by atoms with Crippen LogP contribution >= 0.6 is 10.8 Å². The summed E-state index contributed by atoms with van der Waals surface area (Å²) in [6.07, 6.45) is 0. The highest BCUT2D eigenvalue weighted by atomic mass is 32.3. The Kier molecular flexibility index (Phi) is 9.07. The SMILES string of the molecule is CCOC(=O)C(C(C)=O)C(NS(OC)(OC)c1ccc([N+](=O)[O-])cc1)c1ccc(C#N)cc1. The van der Waals surface area contributed by atoms with Crippen molar-refractivity contribution in [1.29, 1.82) is 5.26 Å². The third kappa shape index (κ3) is 5.94. The van der Waals surface area contributed by atoms with Gasteiger partial charge in [-0.05, 0) is 43.7 Å². The van der Waals surface area contributed by atoms with Crippen LogP contribution in [0.5, 0.6) is 0 Å². The van der Waals surface area contributed by atoms with Gasteiger partial charge in [-0.2, -0.15) is 5.26 Å². The summed E-state index contributed by atoms with van der Waals surface area (Å²) >= 11 is 0.